The Morgan fingerprint density at radius 3 is 2.38 bits per heavy atom. The molecule has 0 saturated carbocycles. The van der Waals surface area contributed by atoms with Crippen molar-refractivity contribution in [3.05, 3.63) is 0 Å². The molecule has 96 valence electrons. The summed E-state index contributed by atoms with van der Waals surface area (Å²) in [5, 5.41) is 0. The van der Waals surface area contributed by atoms with Crippen LogP contribution in [0.1, 0.15) is 40.5 Å². The predicted molar refractivity (Wildman–Crippen MR) is 66.2 cm³/mol. The number of hydrogen-bond acceptors (Lipinski definition) is 3. The third-order valence-electron chi connectivity index (χ3n) is 2.68. The van der Waals surface area contributed by atoms with Gasteiger partial charge in [-0.2, -0.15) is 0 Å². The quantitative estimate of drug-likeness (QED) is 0.719. The van der Waals surface area contributed by atoms with Crippen LogP contribution in [0.5, 0.6) is 0 Å². The normalized spacial score (nSPS) is 11.9. The summed E-state index contributed by atoms with van der Waals surface area (Å²) < 4.78 is 5.27. The van der Waals surface area contributed by atoms with Crippen LogP contribution in [0.4, 0.5) is 0 Å². The Bertz CT molecular complexity index is 215. The summed E-state index contributed by atoms with van der Waals surface area (Å²) in [6.07, 6.45) is 1.25. The second kappa shape index (κ2) is 6.86. The molecule has 0 fully saturated rings. The summed E-state index contributed by atoms with van der Waals surface area (Å²) in [6.45, 7) is 9.23. The number of nitrogens with zero attached hydrogens (tertiary/aromatic N) is 1. The molecule has 4 heteroatoms. The topological polar surface area (TPSA) is 55.6 Å². The summed E-state index contributed by atoms with van der Waals surface area (Å²) in [5.74, 6) is 0.135. The van der Waals surface area contributed by atoms with E-state index in [2.05, 4.69) is 0 Å². The van der Waals surface area contributed by atoms with Crippen molar-refractivity contribution in [3.63, 3.8) is 0 Å². The molecule has 0 heterocycles. The lowest BCUT2D eigenvalue weighted by Gasteiger charge is -2.30. The zero-order chi connectivity index (χ0) is 12.8. The number of carbonyl (C=O) groups excluding carboxylic acids is 1. The molecule has 0 aliphatic carbocycles. The molecule has 2 N–H and O–H groups in total. The van der Waals surface area contributed by atoms with E-state index in [9.17, 15) is 4.79 Å². The standard InChI is InChI=1S/C12H26N2O2/c1-10(2)14(8-6-7-13)11(15)9-12(3,4)16-5/h10H,6-9,13H2,1-5H3. The summed E-state index contributed by atoms with van der Waals surface area (Å²) >= 11 is 0. The highest BCUT2D eigenvalue weighted by Crippen LogP contribution is 2.16. The molecule has 0 atom stereocenters. The first-order valence-electron chi connectivity index (χ1n) is 5.88. The molecule has 0 aromatic carbocycles. The maximum Gasteiger partial charge on any atom is 0.225 e. The number of carbonyl (C=O) groups is 1. The fourth-order valence-corrected chi connectivity index (χ4v) is 1.47. The van der Waals surface area contributed by atoms with E-state index in [-0.39, 0.29) is 11.9 Å². The van der Waals surface area contributed by atoms with Crippen LogP contribution in [0.25, 0.3) is 0 Å². The molecular weight excluding hydrogens is 204 g/mol. The zero-order valence-corrected chi connectivity index (χ0v) is 11.2. The Kier molecular flexibility index (Phi) is 6.60. The van der Waals surface area contributed by atoms with Crippen LogP contribution in [-0.2, 0) is 9.53 Å². The third-order valence-corrected chi connectivity index (χ3v) is 2.68. The lowest BCUT2D eigenvalue weighted by molar-refractivity contribution is -0.138. The van der Waals surface area contributed by atoms with E-state index in [1.54, 1.807) is 7.11 Å². The van der Waals surface area contributed by atoms with Crippen molar-refractivity contribution in [1.29, 1.82) is 0 Å². The summed E-state index contributed by atoms with van der Waals surface area (Å²) in [5.41, 5.74) is 5.07. The van der Waals surface area contributed by atoms with E-state index < -0.39 is 5.60 Å². The third kappa shape index (κ3) is 5.47. The van der Waals surface area contributed by atoms with E-state index in [4.69, 9.17) is 10.5 Å². The van der Waals surface area contributed by atoms with E-state index in [1.165, 1.54) is 0 Å². The van der Waals surface area contributed by atoms with Crippen LogP contribution in [0.3, 0.4) is 0 Å². The molecule has 0 spiro atoms. The number of nitrogens with two attached hydrogens (primary N) is 1. The van der Waals surface area contributed by atoms with Gasteiger partial charge in [0.2, 0.25) is 5.91 Å². The largest absolute Gasteiger partial charge is 0.378 e. The lowest BCUT2D eigenvalue weighted by atomic mass is 10.0. The molecule has 1 amide bonds. The second-order valence-corrected chi connectivity index (χ2v) is 4.96. The minimum atomic E-state index is -0.396. The Morgan fingerprint density at radius 1 is 1.44 bits per heavy atom. The van der Waals surface area contributed by atoms with Gasteiger partial charge in [-0.05, 0) is 40.7 Å². The van der Waals surface area contributed by atoms with Crippen LogP contribution in [0.2, 0.25) is 0 Å². The van der Waals surface area contributed by atoms with Crippen molar-refractivity contribution in [1.82, 2.24) is 4.90 Å². The molecule has 0 aromatic rings. The predicted octanol–water partition coefficient (Wildman–Crippen LogP) is 1.39. The van der Waals surface area contributed by atoms with Gasteiger partial charge < -0.3 is 15.4 Å². The number of hydrogen-bond donors (Lipinski definition) is 1. The van der Waals surface area contributed by atoms with Gasteiger partial charge >= 0.3 is 0 Å². The molecule has 0 saturated heterocycles. The number of rotatable bonds is 7. The van der Waals surface area contributed by atoms with Crippen LogP contribution < -0.4 is 5.73 Å². The molecule has 0 radical (unpaired) electrons. The Morgan fingerprint density at radius 2 is 2.00 bits per heavy atom. The maximum atomic E-state index is 12.1. The van der Waals surface area contributed by atoms with E-state index >= 15 is 0 Å². The van der Waals surface area contributed by atoms with Crippen molar-refractivity contribution < 1.29 is 9.53 Å². The van der Waals surface area contributed by atoms with Gasteiger partial charge in [-0.3, -0.25) is 4.79 Å². The first-order valence-corrected chi connectivity index (χ1v) is 5.88. The van der Waals surface area contributed by atoms with Gasteiger partial charge in [0.15, 0.2) is 0 Å². The van der Waals surface area contributed by atoms with Crippen LogP contribution in [-0.4, -0.2) is 42.6 Å². The highest BCUT2D eigenvalue weighted by atomic mass is 16.5. The highest BCUT2D eigenvalue weighted by molar-refractivity contribution is 5.77. The van der Waals surface area contributed by atoms with Gasteiger partial charge in [0.1, 0.15) is 0 Å². The maximum absolute atomic E-state index is 12.1. The number of methoxy groups -OCH3 is 1. The van der Waals surface area contributed by atoms with Crippen molar-refractivity contribution in [2.24, 2.45) is 5.73 Å². The van der Waals surface area contributed by atoms with Gasteiger partial charge in [0.25, 0.3) is 0 Å². The van der Waals surface area contributed by atoms with Gasteiger partial charge in [-0.1, -0.05) is 0 Å². The Labute approximate surface area is 99.1 Å². The second-order valence-electron chi connectivity index (χ2n) is 4.96. The van der Waals surface area contributed by atoms with Gasteiger partial charge in [-0.15, -0.1) is 0 Å². The van der Waals surface area contributed by atoms with E-state index in [0.717, 1.165) is 13.0 Å². The van der Waals surface area contributed by atoms with Crippen LogP contribution in [0, 0.1) is 0 Å². The smallest absolute Gasteiger partial charge is 0.225 e. The van der Waals surface area contributed by atoms with Gasteiger partial charge in [-0.25, -0.2) is 0 Å². The summed E-state index contributed by atoms with van der Waals surface area (Å²) in [4.78, 5) is 13.9. The van der Waals surface area contributed by atoms with Gasteiger partial charge in [0.05, 0.1) is 12.0 Å². The highest BCUT2D eigenvalue weighted by Gasteiger charge is 2.25. The first kappa shape index (κ1) is 15.4. The SMILES string of the molecule is COC(C)(C)CC(=O)N(CCCN)C(C)C. The monoisotopic (exact) mass is 230 g/mol. The minimum absolute atomic E-state index is 0.135. The molecule has 0 rings (SSSR count). The van der Waals surface area contributed by atoms with Crippen molar-refractivity contribution in [2.45, 2.75) is 52.2 Å². The molecule has 0 aliphatic rings. The van der Waals surface area contributed by atoms with Crippen LogP contribution >= 0.6 is 0 Å². The first-order chi connectivity index (χ1) is 7.34. The Balaban J connectivity index is 4.38. The van der Waals surface area contributed by atoms with Crippen molar-refractivity contribution in [2.75, 3.05) is 20.2 Å². The van der Waals surface area contributed by atoms with E-state index in [1.807, 2.05) is 32.6 Å². The van der Waals surface area contributed by atoms with Crippen molar-refractivity contribution in [3.8, 4) is 0 Å². The molecule has 0 aliphatic heterocycles. The van der Waals surface area contributed by atoms with Crippen LogP contribution in [0.15, 0.2) is 0 Å². The van der Waals surface area contributed by atoms with E-state index in [0.29, 0.717) is 13.0 Å². The van der Waals surface area contributed by atoms with Crippen molar-refractivity contribution >= 4 is 5.91 Å². The van der Waals surface area contributed by atoms with Gasteiger partial charge in [0, 0.05) is 19.7 Å². The molecule has 0 aromatic heterocycles. The average molecular weight is 230 g/mol. The number of ether oxygens (including phenoxy) is 1. The molecule has 4 nitrogen and oxygen atoms in total. The average Bonchev–Trinajstić information content (AvgIpc) is 2.17. The lowest BCUT2D eigenvalue weighted by Crippen LogP contribution is -2.42. The number of amides is 1. The Hall–Kier alpha value is -0.610. The molecular formula is C12H26N2O2. The molecule has 0 bridgehead atoms. The molecule has 0 unspecified atom stereocenters. The summed E-state index contributed by atoms with van der Waals surface area (Å²) in [6, 6.07) is 0.215. The fourth-order valence-electron chi connectivity index (χ4n) is 1.47. The zero-order valence-electron chi connectivity index (χ0n) is 11.2. The fraction of sp³-hybridized carbons (Fsp3) is 0.917. The minimum Gasteiger partial charge on any atom is -0.378 e. The summed E-state index contributed by atoms with van der Waals surface area (Å²) in [7, 11) is 1.63. The molecule has 16 heavy (non-hydrogen) atoms.